The molecular weight excluding hydrogens is 518 g/mol. The summed E-state index contributed by atoms with van der Waals surface area (Å²) in [6.45, 7) is 2.40. The number of halogens is 1. The van der Waals surface area contributed by atoms with E-state index >= 15 is 0 Å². The lowest BCUT2D eigenvalue weighted by molar-refractivity contribution is 0.327. The lowest BCUT2D eigenvalue weighted by atomic mass is 10.1. The van der Waals surface area contributed by atoms with Crippen LogP contribution in [0.2, 0.25) is 5.15 Å². The SMILES string of the molecule is CCOc1cccc(-c2nc3nc(Cl)c(CCc4ccc(OC)cc4)nc3n2-c2c(OC)cccc2OC)n1. The number of methoxy groups -OCH3 is 3. The van der Waals surface area contributed by atoms with E-state index in [1.54, 1.807) is 27.4 Å². The fourth-order valence-corrected chi connectivity index (χ4v) is 4.54. The van der Waals surface area contributed by atoms with Crippen molar-refractivity contribution < 1.29 is 18.9 Å². The Balaban J connectivity index is 1.68. The molecule has 0 aliphatic carbocycles. The van der Waals surface area contributed by atoms with Crippen molar-refractivity contribution in [1.82, 2.24) is 24.5 Å². The Labute approximate surface area is 231 Å². The van der Waals surface area contributed by atoms with Crippen molar-refractivity contribution in [2.75, 3.05) is 27.9 Å². The maximum absolute atomic E-state index is 6.63. The smallest absolute Gasteiger partial charge is 0.213 e. The van der Waals surface area contributed by atoms with Crippen molar-refractivity contribution in [2.45, 2.75) is 19.8 Å². The van der Waals surface area contributed by atoms with E-state index in [0.29, 0.717) is 69.8 Å². The van der Waals surface area contributed by atoms with Crippen LogP contribution in [0.4, 0.5) is 0 Å². The Morgan fingerprint density at radius 2 is 1.49 bits per heavy atom. The van der Waals surface area contributed by atoms with E-state index in [9.17, 15) is 0 Å². The van der Waals surface area contributed by atoms with Crippen LogP contribution in [-0.2, 0) is 12.8 Å². The van der Waals surface area contributed by atoms with E-state index in [0.717, 1.165) is 17.7 Å². The molecule has 2 aromatic carbocycles. The molecule has 0 atom stereocenters. The van der Waals surface area contributed by atoms with Gasteiger partial charge in [-0.05, 0) is 55.7 Å². The highest BCUT2D eigenvalue weighted by Crippen LogP contribution is 2.38. The summed E-state index contributed by atoms with van der Waals surface area (Å²) in [4.78, 5) is 19.1. The predicted octanol–water partition coefficient (Wildman–Crippen LogP) is 5.74. The number of hydrogen-bond donors (Lipinski definition) is 0. The molecule has 0 bridgehead atoms. The molecule has 0 aliphatic heterocycles. The summed E-state index contributed by atoms with van der Waals surface area (Å²) in [5, 5.41) is 0.301. The van der Waals surface area contributed by atoms with Gasteiger partial charge in [-0.2, -0.15) is 0 Å². The second-order valence-electron chi connectivity index (χ2n) is 8.53. The van der Waals surface area contributed by atoms with Gasteiger partial charge in [-0.25, -0.2) is 19.9 Å². The molecule has 0 saturated heterocycles. The largest absolute Gasteiger partial charge is 0.497 e. The maximum Gasteiger partial charge on any atom is 0.213 e. The van der Waals surface area contributed by atoms with Crippen molar-refractivity contribution in [3.63, 3.8) is 0 Å². The summed E-state index contributed by atoms with van der Waals surface area (Å²) < 4.78 is 24.2. The number of benzene rings is 2. The van der Waals surface area contributed by atoms with Gasteiger partial charge in [0.05, 0.1) is 33.6 Å². The summed E-state index contributed by atoms with van der Waals surface area (Å²) in [5.74, 6) is 2.94. The van der Waals surface area contributed by atoms with Crippen LogP contribution >= 0.6 is 11.6 Å². The highest BCUT2D eigenvalue weighted by molar-refractivity contribution is 6.30. The first kappa shape index (κ1) is 26.2. The molecule has 9 nitrogen and oxygen atoms in total. The summed E-state index contributed by atoms with van der Waals surface area (Å²) in [7, 11) is 4.86. The zero-order valence-electron chi connectivity index (χ0n) is 22.1. The molecule has 0 fully saturated rings. The van der Waals surface area contributed by atoms with Gasteiger partial charge in [-0.3, -0.25) is 4.57 Å². The summed E-state index contributed by atoms with van der Waals surface area (Å²) in [6.07, 6.45) is 1.30. The standard InChI is InChI=1S/C29H28ClN5O4/c1-5-39-24-11-6-8-21(31-24)28-34-27-29(35(28)25-22(37-3)9-7-10-23(25)38-4)32-20(26(30)33-27)17-14-18-12-15-19(36-2)16-13-18/h6-13,15-16H,5,14,17H2,1-4H3. The molecule has 200 valence electrons. The Hall–Kier alpha value is -4.37. The number of nitrogens with zero attached hydrogens (tertiary/aromatic N) is 5. The van der Waals surface area contributed by atoms with Crippen LogP contribution < -0.4 is 18.9 Å². The van der Waals surface area contributed by atoms with Gasteiger partial charge in [-0.1, -0.05) is 35.9 Å². The van der Waals surface area contributed by atoms with Crippen LogP contribution in [0, 0.1) is 0 Å². The van der Waals surface area contributed by atoms with Crippen molar-refractivity contribution in [3.8, 4) is 40.3 Å². The van der Waals surface area contributed by atoms with E-state index in [2.05, 4.69) is 9.97 Å². The Morgan fingerprint density at radius 1 is 0.769 bits per heavy atom. The maximum atomic E-state index is 6.63. The molecule has 10 heteroatoms. The van der Waals surface area contributed by atoms with Crippen molar-refractivity contribution in [2.24, 2.45) is 0 Å². The Bertz CT molecular complexity index is 1580. The molecule has 39 heavy (non-hydrogen) atoms. The number of hydrogen-bond acceptors (Lipinski definition) is 8. The molecule has 5 rings (SSSR count). The molecule has 0 unspecified atom stereocenters. The van der Waals surface area contributed by atoms with Crippen LogP contribution in [0.15, 0.2) is 60.7 Å². The van der Waals surface area contributed by atoms with Crippen LogP contribution in [0.1, 0.15) is 18.2 Å². The zero-order valence-corrected chi connectivity index (χ0v) is 22.9. The van der Waals surface area contributed by atoms with E-state index in [-0.39, 0.29) is 0 Å². The van der Waals surface area contributed by atoms with Gasteiger partial charge < -0.3 is 18.9 Å². The van der Waals surface area contributed by atoms with Crippen LogP contribution in [0.3, 0.4) is 0 Å². The van der Waals surface area contributed by atoms with Gasteiger partial charge in [0.2, 0.25) is 5.88 Å². The summed E-state index contributed by atoms with van der Waals surface area (Å²) >= 11 is 6.63. The summed E-state index contributed by atoms with van der Waals surface area (Å²) in [5.41, 5.74) is 3.86. The average molecular weight is 546 g/mol. The molecule has 3 aromatic heterocycles. The van der Waals surface area contributed by atoms with E-state index < -0.39 is 0 Å². The third-order valence-electron chi connectivity index (χ3n) is 6.20. The van der Waals surface area contributed by atoms with Crippen molar-refractivity contribution >= 4 is 22.9 Å². The van der Waals surface area contributed by atoms with Crippen LogP contribution in [0.5, 0.6) is 23.1 Å². The van der Waals surface area contributed by atoms with E-state index in [1.165, 1.54) is 0 Å². The van der Waals surface area contributed by atoms with Crippen LogP contribution in [0.25, 0.3) is 28.5 Å². The summed E-state index contributed by atoms with van der Waals surface area (Å²) in [6, 6.07) is 19.0. The van der Waals surface area contributed by atoms with Crippen molar-refractivity contribution in [1.29, 1.82) is 0 Å². The average Bonchev–Trinajstić information content (AvgIpc) is 3.33. The number of ether oxygens (including phenoxy) is 4. The fraction of sp³-hybridized carbons (Fsp3) is 0.241. The second kappa shape index (κ2) is 11.6. The van der Waals surface area contributed by atoms with E-state index in [1.807, 2.05) is 66.1 Å². The van der Waals surface area contributed by atoms with Gasteiger partial charge in [0.25, 0.3) is 0 Å². The van der Waals surface area contributed by atoms with Gasteiger partial charge in [0.1, 0.15) is 28.6 Å². The van der Waals surface area contributed by atoms with Gasteiger partial charge in [0.15, 0.2) is 22.3 Å². The van der Waals surface area contributed by atoms with Gasteiger partial charge >= 0.3 is 0 Å². The number of para-hydroxylation sites is 1. The first-order valence-electron chi connectivity index (χ1n) is 12.5. The first-order chi connectivity index (χ1) is 19.1. The molecule has 0 aliphatic rings. The monoisotopic (exact) mass is 545 g/mol. The molecular formula is C29H28ClN5O4. The molecule has 0 saturated carbocycles. The number of pyridine rings is 1. The second-order valence-corrected chi connectivity index (χ2v) is 8.89. The Morgan fingerprint density at radius 3 is 2.15 bits per heavy atom. The quantitative estimate of drug-likeness (QED) is 0.219. The minimum Gasteiger partial charge on any atom is -0.497 e. The number of imidazole rings is 1. The topological polar surface area (TPSA) is 93.4 Å². The number of aromatic nitrogens is 5. The predicted molar refractivity (Wildman–Crippen MR) is 150 cm³/mol. The third-order valence-corrected chi connectivity index (χ3v) is 6.50. The normalized spacial score (nSPS) is 11.0. The lowest BCUT2D eigenvalue weighted by Crippen LogP contribution is -2.06. The fourth-order valence-electron chi connectivity index (χ4n) is 4.32. The van der Waals surface area contributed by atoms with Crippen LogP contribution in [-0.4, -0.2) is 52.4 Å². The zero-order chi connectivity index (χ0) is 27.4. The highest BCUT2D eigenvalue weighted by atomic mass is 35.5. The molecule has 0 radical (unpaired) electrons. The number of rotatable bonds is 10. The molecule has 0 N–H and O–H groups in total. The number of fused-ring (bicyclic) bond motifs is 1. The third kappa shape index (κ3) is 5.31. The molecule has 0 spiro atoms. The van der Waals surface area contributed by atoms with Gasteiger partial charge in [0, 0.05) is 6.07 Å². The molecule has 0 amide bonds. The van der Waals surface area contributed by atoms with E-state index in [4.69, 9.17) is 40.5 Å². The number of aryl methyl sites for hydroxylation is 2. The lowest BCUT2D eigenvalue weighted by Gasteiger charge is -2.16. The van der Waals surface area contributed by atoms with Gasteiger partial charge in [-0.15, -0.1) is 0 Å². The first-order valence-corrected chi connectivity index (χ1v) is 12.8. The molecule has 3 heterocycles. The minimum absolute atomic E-state index is 0.301. The van der Waals surface area contributed by atoms with Crippen molar-refractivity contribution in [3.05, 3.63) is 77.1 Å². The molecule has 5 aromatic rings. The Kier molecular flexibility index (Phi) is 7.79. The highest BCUT2D eigenvalue weighted by Gasteiger charge is 2.25. The minimum atomic E-state index is 0.301.